The lowest BCUT2D eigenvalue weighted by Crippen LogP contribution is -2.55. The van der Waals surface area contributed by atoms with E-state index in [2.05, 4.69) is 23.8 Å². The van der Waals surface area contributed by atoms with Crippen molar-refractivity contribution >= 4 is 23.8 Å². The van der Waals surface area contributed by atoms with E-state index in [-0.39, 0.29) is 34.7 Å². The van der Waals surface area contributed by atoms with Crippen LogP contribution in [0.15, 0.2) is 16.0 Å². The Morgan fingerprint density at radius 1 is 1.35 bits per heavy atom. The fourth-order valence-corrected chi connectivity index (χ4v) is 3.77. The van der Waals surface area contributed by atoms with E-state index in [1.165, 1.54) is 17.8 Å². The molecule has 2 fully saturated rings. The summed E-state index contributed by atoms with van der Waals surface area (Å²) < 4.78 is 5.30. The van der Waals surface area contributed by atoms with Crippen LogP contribution in [0, 0.1) is 5.41 Å². The van der Waals surface area contributed by atoms with Gasteiger partial charge in [0.05, 0.1) is 6.61 Å². The van der Waals surface area contributed by atoms with E-state index in [0.717, 1.165) is 0 Å². The maximum atomic E-state index is 12.7. The zero-order valence-electron chi connectivity index (χ0n) is 15.3. The van der Waals surface area contributed by atoms with Crippen molar-refractivity contribution < 1.29 is 14.3 Å². The highest BCUT2D eigenvalue weighted by molar-refractivity contribution is 7.98. The number of cyclic esters (lactones) is 1. The molecule has 0 aromatic carbocycles. The lowest BCUT2D eigenvalue weighted by molar-refractivity contribution is -0.0153. The summed E-state index contributed by atoms with van der Waals surface area (Å²) in [5.41, 5.74) is -0.236. The Morgan fingerprint density at radius 2 is 2.04 bits per heavy atom. The van der Waals surface area contributed by atoms with Crippen LogP contribution in [0.4, 0.5) is 4.79 Å². The Morgan fingerprint density at radius 3 is 2.69 bits per heavy atom. The number of ether oxygens (including phenoxy) is 1. The van der Waals surface area contributed by atoms with E-state index in [1.807, 2.05) is 0 Å². The van der Waals surface area contributed by atoms with Gasteiger partial charge in [0.15, 0.2) is 5.16 Å². The number of aromatic nitrogens is 2. The summed E-state index contributed by atoms with van der Waals surface area (Å²) in [7, 11) is 0. The van der Waals surface area contributed by atoms with Crippen LogP contribution in [0.25, 0.3) is 0 Å². The standard InChI is InChI=1S/C17H24N4O4S/c1-17(2)9-21(16(24)25-10-17)11-4-6-20(7-5-11)14(23)12-8-13(22)19-15(18-12)26-3/h8,11H,4-7,9-10H2,1-3H3,(H,18,19,22). The van der Waals surface area contributed by atoms with Gasteiger partial charge in [-0.25, -0.2) is 9.78 Å². The highest BCUT2D eigenvalue weighted by Gasteiger charge is 2.38. The van der Waals surface area contributed by atoms with Crippen LogP contribution in [0.2, 0.25) is 0 Å². The predicted molar refractivity (Wildman–Crippen MR) is 97.4 cm³/mol. The van der Waals surface area contributed by atoms with Gasteiger partial charge in [-0.05, 0) is 19.1 Å². The highest BCUT2D eigenvalue weighted by atomic mass is 32.2. The van der Waals surface area contributed by atoms with Gasteiger partial charge in [0.2, 0.25) is 0 Å². The summed E-state index contributed by atoms with van der Waals surface area (Å²) in [4.78, 5) is 46.7. The van der Waals surface area contributed by atoms with Crippen LogP contribution in [0.3, 0.4) is 0 Å². The molecule has 8 nitrogen and oxygen atoms in total. The van der Waals surface area contributed by atoms with Crippen LogP contribution >= 0.6 is 11.8 Å². The van der Waals surface area contributed by atoms with Crippen LogP contribution in [-0.2, 0) is 4.74 Å². The van der Waals surface area contributed by atoms with Gasteiger partial charge in [0.1, 0.15) is 5.69 Å². The van der Waals surface area contributed by atoms with Crippen LogP contribution in [0.1, 0.15) is 37.2 Å². The number of hydrogen-bond acceptors (Lipinski definition) is 6. The summed E-state index contributed by atoms with van der Waals surface area (Å²) in [5, 5.41) is 0.425. The minimum atomic E-state index is -0.333. The normalized spacial score (nSPS) is 20.8. The minimum absolute atomic E-state index is 0.0654. The van der Waals surface area contributed by atoms with Crippen molar-refractivity contribution in [3.63, 3.8) is 0 Å². The van der Waals surface area contributed by atoms with Gasteiger partial charge in [0, 0.05) is 37.2 Å². The average molecular weight is 380 g/mol. The molecule has 2 amide bonds. The number of nitrogens with zero attached hydrogens (tertiary/aromatic N) is 3. The summed E-state index contributed by atoms with van der Waals surface area (Å²) in [6.45, 7) is 6.30. The number of amides is 2. The largest absolute Gasteiger partial charge is 0.449 e. The zero-order valence-corrected chi connectivity index (χ0v) is 16.1. The molecule has 2 aliphatic heterocycles. The fraction of sp³-hybridized carbons (Fsp3) is 0.647. The monoisotopic (exact) mass is 380 g/mol. The number of thioether (sulfide) groups is 1. The molecular weight excluding hydrogens is 356 g/mol. The predicted octanol–water partition coefficient (Wildman–Crippen LogP) is 1.57. The molecule has 2 aliphatic rings. The van der Waals surface area contributed by atoms with E-state index in [4.69, 9.17) is 4.74 Å². The van der Waals surface area contributed by atoms with Gasteiger partial charge >= 0.3 is 6.09 Å². The Labute approximate surface area is 156 Å². The number of nitrogens with one attached hydrogen (secondary N) is 1. The first kappa shape index (κ1) is 18.8. The minimum Gasteiger partial charge on any atom is -0.449 e. The van der Waals surface area contributed by atoms with Gasteiger partial charge in [-0.3, -0.25) is 9.59 Å². The third-order valence-electron chi connectivity index (χ3n) is 4.74. The van der Waals surface area contributed by atoms with Crippen LogP contribution in [0.5, 0.6) is 0 Å². The fourth-order valence-electron chi connectivity index (χ4n) is 3.37. The first-order valence-electron chi connectivity index (χ1n) is 8.67. The molecule has 0 radical (unpaired) electrons. The first-order valence-corrected chi connectivity index (χ1v) is 9.89. The topological polar surface area (TPSA) is 95.6 Å². The van der Waals surface area contributed by atoms with E-state index >= 15 is 0 Å². The number of carbonyl (C=O) groups is 2. The van der Waals surface area contributed by atoms with E-state index in [9.17, 15) is 14.4 Å². The Bertz CT molecular complexity index is 755. The van der Waals surface area contributed by atoms with Gasteiger partial charge < -0.3 is 19.5 Å². The number of likely N-dealkylation sites (tertiary alicyclic amines) is 1. The molecule has 2 saturated heterocycles. The second-order valence-corrected chi connectivity index (χ2v) is 8.30. The van der Waals surface area contributed by atoms with E-state index in [0.29, 0.717) is 44.2 Å². The van der Waals surface area contributed by atoms with Gasteiger partial charge in [0.25, 0.3) is 11.5 Å². The summed E-state index contributed by atoms with van der Waals surface area (Å²) >= 11 is 1.28. The molecule has 0 spiro atoms. The van der Waals surface area contributed by atoms with Gasteiger partial charge in [-0.15, -0.1) is 0 Å². The Balaban J connectivity index is 1.65. The van der Waals surface area contributed by atoms with Crippen molar-refractivity contribution in [2.24, 2.45) is 5.41 Å². The quantitative estimate of drug-likeness (QED) is 0.632. The number of H-pyrrole nitrogens is 1. The number of aromatic amines is 1. The number of piperidine rings is 1. The second kappa shape index (κ2) is 7.30. The molecule has 9 heteroatoms. The smallest absolute Gasteiger partial charge is 0.410 e. The first-order chi connectivity index (χ1) is 12.3. The van der Waals surface area contributed by atoms with Crippen molar-refractivity contribution in [3.8, 4) is 0 Å². The van der Waals surface area contributed by atoms with E-state index < -0.39 is 0 Å². The molecule has 0 bridgehead atoms. The van der Waals surface area contributed by atoms with E-state index in [1.54, 1.807) is 16.1 Å². The molecule has 0 unspecified atom stereocenters. The van der Waals surface area contributed by atoms with Crippen molar-refractivity contribution in [3.05, 3.63) is 22.1 Å². The Hall–Kier alpha value is -2.03. The molecular formula is C17H24N4O4S. The average Bonchev–Trinajstić information content (AvgIpc) is 2.62. The van der Waals surface area contributed by atoms with Crippen molar-refractivity contribution in [2.75, 3.05) is 32.5 Å². The molecule has 1 aromatic heterocycles. The maximum absolute atomic E-state index is 12.7. The molecule has 3 heterocycles. The molecule has 1 aromatic rings. The third kappa shape index (κ3) is 4.03. The molecule has 3 rings (SSSR count). The van der Waals surface area contributed by atoms with Gasteiger partial charge in [-0.2, -0.15) is 0 Å². The molecule has 0 aliphatic carbocycles. The number of hydrogen-bond donors (Lipinski definition) is 1. The molecule has 1 N–H and O–H groups in total. The third-order valence-corrected chi connectivity index (χ3v) is 5.32. The summed E-state index contributed by atoms with van der Waals surface area (Å²) in [5.74, 6) is -0.244. The SMILES string of the molecule is CSc1nc(C(=O)N2CCC(N3CC(C)(C)COC3=O)CC2)cc(=O)[nH]1. The molecule has 0 saturated carbocycles. The zero-order chi connectivity index (χ0) is 18.9. The van der Waals surface area contributed by atoms with Crippen molar-refractivity contribution in [1.82, 2.24) is 19.8 Å². The maximum Gasteiger partial charge on any atom is 0.410 e. The summed E-state index contributed by atoms with van der Waals surface area (Å²) in [6.07, 6.45) is 2.90. The highest BCUT2D eigenvalue weighted by Crippen LogP contribution is 2.28. The van der Waals surface area contributed by atoms with Crippen LogP contribution < -0.4 is 5.56 Å². The van der Waals surface area contributed by atoms with Gasteiger partial charge in [-0.1, -0.05) is 25.6 Å². The summed E-state index contributed by atoms with van der Waals surface area (Å²) in [6, 6.07) is 1.30. The lowest BCUT2D eigenvalue weighted by atomic mass is 9.91. The number of carbonyl (C=O) groups excluding carboxylic acids is 2. The molecule has 142 valence electrons. The second-order valence-electron chi connectivity index (χ2n) is 7.51. The van der Waals surface area contributed by atoms with Crippen molar-refractivity contribution in [1.29, 1.82) is 0 Å². The van der Waals surface area contributed by atoms with Crippen molar-refractivity contribution in [2.45, 2.75) is 37.9 Å². The lowest BCUT2D eigenvalue weighted by Gasteiger charge is -2.44. The molecule has 0 atom stereocenters. The Kier molecular flexibility index (Phi) is 5.27. The molecule has 26 heavy (non-hydrogen) atoms. The van der Waals surface area contributed by atoms with Crippen LogP contribution in [-0.4, -0.2) is 70.3 Å². The number of rotatable bonds is 3.